The van der Waals surface area contributed by atoms with Gasteiger partial charge in [-0.25, -0.2) is 0 Å². The summed E-state index contributed by atoms with van der Waals surface area (Å²) in [7, 11) is 1.76. The third-order valence-corrected chi connectivity index (χ3v) is 5.85. The fourth-order valence-electron chi connectivity index (χ4n) is 4.46. The number of benzene rings is 1. The molecule has 1 unspecified atom stereocenters. The molecule has 1 atom stereocenters. The molecular weight excluding hydrogens is 318 g/mol. The lowest BCUT2D eigenvalue weighted by molar-refractivity contribution is -0.108. The molecule has 0 aliphatic carbocycles. The number of ether oxygens (including phenoxy) is 4. The van der Waals surface area contributed by atoms with Crippen LogP contribution in [0.2, 0.25) is 0 Å². The summed E-state index contributed by atoms with van der Waals surface area (Å²) in [6, 6.07) is 6.40. The summed E-state index contributed by atoms with van der Waals surface area (Å²) >= 11 is 0. The first-order valence-electron chi connectivity index (χ1n) is 9.53. The van der Waals surface area contributed by atoms with Crippen molar-refractivity contribution in [3.63, 3.8) is 0 Å². The molecule has 2 saturated heterocycles. The lowest BCUT2D eigenvalue weighted by Crippen LogP contribution is -2.47. The summed E-state index contributed by atoms with van der Waals surface area (Å²) < 4.78 is 23.3. The molecule has 1 spiro atoms. The summed E-state index contributed by atoms with van der Waals surface area (Å²) in [4.78, 5) is 2.54. The minimum absolute atomic E-state index is 0.166. The highest BCUT2D eigenvalue weighted by Crippen LogP contribution is 2.45. The predicted molar refractivity (Wildman–Crippen MR) is 95.2 cm³/mol. The standard InChI is InChI=1S/C20H29NO4/c1-22-18-4-2-3-16-6-12-25-20(19(16)18)7-10-21(11-8-20)9-5-17-15-23-13-14-24-17/h2-4,17H,5-15H2,1H3. The molecule has 4 rings (SSSR count). The first-order chi connectivity index (χ1) is 12.3. The molecule has 0 radical (unpaired) electrons. The van der Waals surface area contributed by atoms with Gasteiger partial charge in [0.2, 0.25) is 0 Å². The highest BCUT2D eigenvalue weighted by molar-refractivity contribution is 5.46. The second-order valence-electron chi connectivity index (χ2n) is 7.29. The van der Waals surface area contributed by atoms with Gasteiger partial charge >= 0.3 is 0 Å². The Balaban J connectivity index is 1.40. The van der Waals surface area contributed by atoms with Gasteiger partial charge in [-0.3, -0.25) is 0 Å². The molecular formula is C20H29NO4. The summed E-state index contributed by atoms with van der Waals surface area (Å²) in [5, 5.41) is 0. The quantitative estimate of drug-likeness (QED) is 0.836. The van der Waals surface area contributed by atoms with Crippen LogP contribution < -0.4 is 4.74 Å². The van der Waals surface area contributed by atoms with Crippen LogP contribution in [0.1, 0.15) is 30.4 Å². The number of nitrogens with zero attached hydrogens (tertiary/aromatic N) is 1. The maximum absolute atomic E-state index is 6.37. The van der Waals surface area contributed by atoms with Gasteiger partial charge in [0.25, 0.3) is 0 Å². The van der Waals surface area contributed by atoms with E-state index < -0.39 is 0 Å². The molecule has 0 amide bonds. The predicted octanol–water partition coefficient (Wildman–Crippen LogP) is 2.36. The molecule has 25 heavy (non-hydrogen) atoms. The van der Waals surface area contributed by atoms with Crippen LogP contribution in [0.4, 0.5) is 0 Å². The third-order valence-electron chi connectivity index (χ3n) is 5.85. The molecule has 0 aromatic heterocycles. The van der Waals surface area contributed by atoms with Crippen molar-refractivity contribution >= 4 is 0 Å². The molecule has 1 aromatic carbocycles. The van der Waals surface area contributed by atoms with E-state index in [4.69, 9.17) is 18.9 Å². The molecule has 138 valence electrons. The Kier molecular flexibility index (Phi) is 5.27. The molecule has 2 fully saturated rings. The van der Waals surface area contributed by atoms with Crippen LogP contribution in [0, 0.1) is 0 Å². The van der Waals surface area contributed by atoms with Gasteiger partial charge in [-0.15, -0.1) is 0 Å². The van der Waals surface area contributed by atoms with Gasteiger partial charge in [-0.2, -0.15) is 0 Å². The number of methoxy groups -OCH3 is 1. The Morgan fingerprint density at radius 1 is 1.20 bits per heavy atom. The number of hydrogen-bond acceptors (Lipinski definition) is 5. The van der Waals surface area contributed by atoms with Gasteiger partial charge < -0.3 is 23.8 Å². The monoisotopic (exact) mass is 347 g/mol. The van der Waals surface area contributed by atoms with Crippen molar-refractivity contribution in [1.29, 1.82) is 0 Å². The fourth-order valence-corrected chi connectivity index (χ4v) is 4.46. The van der Waals surface area contributed by atoms with E-state index in [2.05, 4.69) is 23.1 Å². The summed E-state index contributed by atoms with van der Waals surface area (Å²) in [6.07, 6.45) is 4.35. The number of piperidine rings is 1. The van der Waals surface area contributed by atoms with Gasteiger partial charge in [-0.1, -0.05) is 12.1 Å². The van der Waals surface area contributed by atoms with E-state index >= 15 is 0 Å². The van der Waals surface area contributed by atoms with Crippen LogP contribution in [0.25, 0.3) is 0 Å². The summed E-state index contributed by atoms with van der Waals surface area (Å²) in [5.74, 6) is 0.985. The van der Waals surface area contributed by atoms with Crippen LogP contribution >= 0.6 is 0 Å². The van der Waals surface area contributed by atoms with Gasteiger partial charge in [0.15, 0.2) is 0 Å². The zero-order valence-electron chi connectivity index (χ0n) is 15.2. The van der Waals surface area contributed by atoms with E-state index in [0.29, 0.717) is 0 Å². The number of hydrogen-bond donors (Lipinski definition) is 0. The van der Waals surface area contributed by atoms with Gasteiger partial charge in [-0.05, 0) is 37.3 Å². The Morgan fingerprint density at radius 2 is 2.08 bits per heavy atom. The Labute approximate surface area is 150 Å². The topological polar surface area (TPSA) is 40.2 Å². The maximum Gasteiger partial charge on any atom is 0.125 e. The largest absolute Gasteiger partial charge is 0.496 e. The highest BCUT2D eigenvalue weighted by atomic mass is 16.6. The smallest absolute Gasteiger partial charge is 0.125 e. The van der Waals surface area contributed by atoms with Crippen LogP contribution in [0.5, 0.6) is 5.75 Å². The third kappa shape index (κ3) is 3.56. The second kappa shape index (κ2) is 7.62. The molecule has 0 N–H and O–H groups in total. The Hall–Kier alpha value is -1.14. The van der Waals surface area contributed by atoms with Gasteiger partial charge in [0, 0.05) is 25.2 Å². The lowest BCUT2D eigenvalue weighted by atomic mass is 9.78. The van der Waals surface area contributed by atoms with Crippen LogP contribution in [-0.2, 0) is 26.2 Å². The van der Waals surface area contributed by atoms with E-state index in [0.717, 1.165) is 77.5 Å². The molecule has 3 heterocycles. The average Bonchev–Trinajstić information content (AvgIpc) is 2.68. The first kappa shape index (κ1) is 17.3. The second-order valence-corrected chi connectivity index (χ2v) is 7.29. The molecule has 5 nitrogen and oxygen atoms in total. The lowest BCUT2D eigenvalue weighted by Gasteiger charge is -2.45. The Bertz CT molecular complexity index is 563. The summed E-state index contributed by atoms with van der Waals surface area (Å²) in [5.41, 5.74) is 2.53. The minimum Gasteiger partial charge on any atom is -0.496 e. The molecule has 3 aliphatic rings. The van der Waals surface area contributed by atoms with E-state index in [1.165, 1.54) is 11.1 Å². The van der Waals surface area contributed by atoms with Crippen LogP contribution in [-0.4, -0.2) is 64.2 Å². The van der Waals surface area contributed by atoms with Crippen LogP contribution in [0.15, 0.2) is 18.2 Å². The van der Waals surface area contributed by atoms with E-state index in [9.17, 15) is 0 Å². The SMILES string of the molecule is COc1cccc2c1C1(CCN(CCC3COCCO3)CC1)OCC2. The highest BCUT2D eigenvalue weighted by Gasteiger charge is 2.42. The first-order valence-corrected chi connectivity index (χ1v) is 9.53. The molecule has 0 saturated carbocycles. The zero-order valence-corrected chi connectivity index (χ0v) is 15.2. The van der Waals surface area contributed by atoms with E-state index in [-0.39, 0.29) is 11.7 Å². The molecule has 3 aliphatic heterocycles. The van der Waals surface area contributed by atoms with Crippen molar-refractivity contribution in [2.24, 2.45) is 0 Å². The van der Waals surface area contributed by atoms with Crippen molar-refractivity contribution in [1.82, 2.24) is 4.90 Å². The van der Waals surface area contributed by atoms with E-state index in [1.807, 2.05) is 0 Å². The zero-order chi connectivity index (χ0) is 17.1. The Morgan fingerprint density at radius 3 is 2.84 bits per heavy atom. The van der Waals surface area contributed by atoms with Crippen molar-refractivity contribution in [2.75, 3.05) is 53.2 Å². The number of rotatable bonds is 4. The number of fused-ring (bicyclic) bond motifs is 2. The fraction of sp³-hybridized carbons (Fsp3) is 0.700. The van der Waals surface area contributed by atoms with E-state index in [1.54, 1.807) is 7.11 Å². The van der Waals surface area contributed by atoms with Gasteiger partial charge in [0.05, 0.1) is 45.2 Å². The van der Waals surface area contributed by atoms with Crippen molar-refractivity contribution in [2.45, 2.75) is 37.4 Å². The van der Waals surface area contributed by atoms with Crippen molar-refractivity contribution < 1.29 is 18.9 Å². The van der Waals surface area contributed by atoms with Crippen molar-refractivity contribution in [3.8, 4) is 5.75 Å². The normalized spacial score (nSPS) is 26.4. The average molecular weight is 347 g/mol. The minimum atomic E-state index is -0.166. The molecule has 0 bridgehead atoms. The maximum atomic E-state index is 6.37. The van der Waals surface area contributed by atoms with Gasteiger partial charge in [0.1, 0.15) is 5.75 Å². The van der Waals surface area contributed by atoms with Crippen molar-refractivity contribution in [3.05, 3.63) is 29.3 Å². The van der Waals surface area contributed by atoms with Crippen LogP contribution in [0.3, 0.4) is 0 Å². The molecule has 1 aromatic rings. The molecule has 5 heteroatoms. The summed E-state index contributed by atoms with van der Waals surface area (Å²) in [6.45, 7) is 6.22. The number of likely N-dealkylation sites (tertiary alicyclic amines) is 1.